The molecular weight excluding hydrogens is 188 g/mol. The zero-order valence-corrected chi connectivity index (χ0v) is 9.20. The molecule has 0 amide bonds. The van der Waals surface area contributed by atoms with Crippen LogP contribution in [0.4, 0.5) is 5.69 Å². The molecule has 0 aromatic carbocycles. The standard InChI is InChI=1S/C12H18N2O/c1-9-12(13)11(14-15-9)8-7-10-5-3-2-4-6-10/h7-8,10H,2-6,13H2,1H3. The normalized spacial score (nSPS) is 18.7. The van der Waals surface area contributed by atoms with Gasteiger partial charge >= 0.3 is 0 Å². The van der Waals surface area contributed by atoms with E-state index in [0.29, 0.717) is 17.4 Å². The molecule has 0 bridgehead atoms. The SMILES string of the molecule is Cc1onc(C=CC2CCCCC2)c1N. The lowest BCUT2D eigenvalue weighted by molar-refractivity contribution is 0.396. The van der Waals surface area contributed by atoms with E-state index in [4.69, 9.17) is 10.3 Å². The summed E-state index contributed by atoms with van der Waals surface area (Å²) in [6.45, 7) is 1.83. The fourth-order valence-corrected chi connectivity index (χ4v) is 2.07. The predicted molar refractivity (Wildman–Crippen MR) is 61.3 cm³/mol. The number of anilines is 1. The zero-order chi connectivity index (χ0) is 10.7. The van der Waals surface area contributed by atoms with E-state index in [2.05, 4.69) is 11.2 Å². The van der Waals surface area contributed by atoms with Crippen LogP contribution in [-0.2, 0) is 0 Å². The van der Waals surface area contributed by atoms with Gasteiger partial charge in [-0.25, -0.2) is 0 Å². The molecule has 1 aliphatic carbocycles. The molecule has 0 atom stereocenters. The van der Waals surface area contributed by atoms with Gasteiger partial charge in [0.05, 0.1) is 0 Å². The molecule has 0 spiro atoms. The first-order valence-electron chi connectivity index (χ1n) is 5.67. The highest BCUT2D eigenvalue weighted by atomic mass is 16.5. The van der Waals surface area contributed by atoms with Crippen molar-refractivity contribution >= 4 is 11.8 Å². The van der Waals surface area contributed by atoms with E-state index in [9.17, 15) is 0 Å². The molecule has 3 heteroatoms. The van der Waals surface area contributed by atoms with Crippen LogP contribution in [0.5, 0.6) is 0 Å². The summed E-state index contributed by atoms with van der Waals surface area (Å²) in [5, 5.41) is 3.91. The van der Waals surface area contributed by atoms with E-state index >= 15 is 0 Å². The van der Waals surface area contributed by atoms with Crippen molar-refractivity contribution in [2.75, 3.05) is 5.73 Å². The largest absolute Gasteiger partial charge is 0.394 e. The molecular formula is C12H18N2O. The lowest BCUT2D eigenvalue weighted by Gasteiger charge is -2.17. The summed E-state index contributed by atoms with van der Waals surface area (Å²) in [6, 6.07) is 0. The molecule has 1 heterocycles. The third-order valence-electron chi connectivity index (χ3n) is 3.11. The van der Waals surface area contributed by atoms with Crippen LogP contribution < -0.4 is 5.73 Å². The molecule has 0 unspecified atom stereocenters. The maximum Gasteiger partial charge on any atom is 0.157 e. The van der Waals surface area contributed by atoms with Crippen LogP contribution in [0.3, 0.4) is 0 Å². The number of aromatic nitrogens is 1. The molecule has 1 aromatic rings. The molecule has 1 aromatic heterocycles. The summed E-state index contributed by atoms with van der Waals surface area (Å²) in [5.41, 5.74) is 7.26. The first-order valence-corrected chi connectivity index (χ1v) is 5.67. The van der Waals surface area contributed by atoms with E-state index < -0.39 is 0 Å². The monoisotopic (exact) mass is 206 g/mol. The van der Waals surface area contributed by atoms with Gasteiger partial charge in [0, 0.05) is 0 Å². The van der Waals surface area contributed by atoms with Crippen molar-refractivity contribution in [3.63, 3.8) is 0 Å². The van der Waals surface area contributed by atoms with Gasteiger partial charge in [0.2, 0.25) is 0 Å². The molecule has 1 saturated carbocycles. The smallest absolute Gasteiger partial charge is 0.157 e. The van der Waals surface area contributed by atoms with E-state index in [1.54, 1.807) is 0 Å². The third-order valence-corrected chi connectivity index (χ3v) is 3.11. The van der Waals surface area contributed by atoms with Crippen molar-refractivity contribution in [1.82, 2.24) is 5.16 Å². The minimum absolute atomic E-state index is 0.669. The van der Waals surface area contributed by atoms with Gasteiger partial charge in [0.25, 0.3) is 0 Å². The highest BCUT2D eigenvalue weighted by Gasteiger charge is 2.11. The van der Waals surface area contributed by atoms with Crippen molar-refractivity contribution < 1.29 is 4.52 Å². The molecule has 82 valence electrons. The van der Waals surface area contributed by atoms with Gasteiger partial charge in [-0.1, -0.05) is 30.5 Å². The molecule has 15 heavy (non-hydrogen) atoms. The van der Waals surface area contributed by atoms with Crippen LogP contribution in [0.1, 0.15) is 43.6 Å². The summed E-state index contributed by atoms with van der Waals surface area (Å²) >= 11 is 0. The van der Waals surface area contributed by atoms with Gasteiger partial charge < -0.3 is 10.3 Å². The molecule has 0 aliphatic heterocycles. The van der Waals surface area contributed by atoms with Gasteiger partial charge in [-0.2, -0.15) is 0 Å². The Hall–Kier alpha value is -1.25. The third kappa shape index (κ3) is 2.41. The molecule has 3 nitrogen and oxygen atoms in total. The van der Waals surface area contributed by atoms with Crippen molar-refractivity contribution in [3.8, 4) is 0 Å². The van der Waals surface area contributed by atoms with Crippen molar-refractivity contribution in [2.24, 2.45) is 5.92 Å². The van der Waals surface area contributed by atoms with Crippen LogP contribution in [0.25, 0.3) is 6.08 Å². The summed E-state index contributed by atoms with van der Waals surface area (Å²) in [4.78, 5) is 0. The van der Waals surface area contributed by atoms with Crippen LogP contribution in [0.15, 0.2) is 10.6 Å². The van der Waals surface area contributed by atoms with E-state index in [-0.39, 0.29) is 0 Å². The van der Waals surface area contributed by atoms with Gasteiger partial charge in [0.1, 0.15) is 11.4 Å². The zero-order valence-electron chi connectivity index (χ0n) is 9.20. The maximum atomic E-state index is 5.81. The number of aryl methyl sites for hydroxylation is 1. The summed E-state index contributed by atoms with van der Waals surface area (Å²) < 4.78 is 5.01. The highest BCUT2D eigenvalue weighted by molar-refractivity contribution is 5.61. The molecule has 0 radical (unpaired) electrons. The summed E-state index contributed by atoms with van der Waals surface area (Å²) in [6.07, 6.45) is 10.9. The van der Waals surface area contributed by atoms with Gasteiger partial charge in [-0.05, 0) is 31.8 Å². The topological polar surface area (TPSA) is 52.0 Å². The van der Waals surface area contributed by atoms with Crippen LogP contribution in [-0.4, -0.2) is 5.16 Å². The van der Waals surface area contributed by atoms with Gasteiger partial charge in [0.15, 0.2) is 5.76 Å². The fourth-order valence-electron chi connectivity index (χ4n) is 2.07. The van der Waals surface area contributed by atoms with E-state index in [1.807, 2.05) is 13.0 Å². The second kappa shape index (κ2) is 4.51. The van der Waals surface area contributed by atoms with Gasteiger partial charge in [-0.3, -0.25) is 0 Å². The van der Waals surface area contributed by atoms with Crippen molar-refractivity contribution in [1.29, 1.82) is 0 Å². The first kappa shape index (κ1) is 10.3. The number of nitrogen functional groups attached to an aromatic ring is 1. The molecule has 1 aliphatic rings. The van der Waals surface area contributed by atoms with Crippen molar-refractivity contribution in [2.45, 2.75) is 39.0 Å². The average Bonchev–Trinajstić information content (AvgIpc) is 2.59. The first-order chi connectivity index (χ1) is 7.27. The maximum absolute atomic E-state index is 5.81. The number of hydrogen-bond acceptors (Lipinski definition) is 3. The average molecular weight is 206 g/mol. The highest BCUT2D eigenvalue weighted by Crippen LogP contribution is 2.26. The number of nitrogens with zero attached hydrogens (tertiary/aromatic N) is 1. The number of rotatable bonds is 2. The predicted octanol–water partition coefficient (Wildman–Crippen LogP) is 3.16. The van der Waals surface area contributed by atoms with E-state index in [0.717, 1.165) is 5.69 Å². The van der Waals surface area contributed by atoms with Crippen LogP contribution >= 0.6 is 0 Å². The van der Waals surface area contributed by atoms with Crippen molar-refractivity contribution in [3.05, 3.63) is 17.5 Å². The Balaban J connectivity index is 2.01. The summed E-state index contributed by atoms with van der Waals surface area (Å²) in [5.74, 6) is 1.41. The number of hydrogen-bond donors (Lipinski definition) is 1. The Kier molecular flexibility index (Phi) is 3.09. The lowest BCUT2D eigenvalue weighted by atomic mass is 9.89. The quantitative estimate of drug-likeness (QED) is 0.808. The Morgan fingerprint density at radius 2 is 2.07 bits per heavy atom. The molecule has 1 fully saturated rings. The number of allylic oxidation sites excluding steroid dienone is 1. The van der Waals surface area contributed by atoms with E-state index in [1.165, 1.54) is 32.1 Å². The minimum Gasteiger partial charge on any atom is -0.394 e. The Morgan fingerprint density at radius 3 is 2.67 bits per heavy atom. The lowest BCUT2D eigenvalue weighted by Crippen LogP contribution is -2.02. The summed E-state index contributed by atoms with van der Waals surface area (Å²) in [7, 11) is 0. The molecule has 2 N–H and O–H groups in total. The molecule has 2 rings (SSSR count). The van der Waals surface area contributed by atoms with Gasteiger partial charge in [-0.15, -0.1) is 0 Å². The molecule has 0 saturated heterocycles. The minimum atomic E-state index is 0.669. The Morgan fingerprint density at radius 1 is 1.33 bits per heavy atom. The second-order valence-corrected chi connectivity index (χ2v) is 4.29. The fraction of sp³-hybridized carbons (Fsp3) is 0.583. The van der Waals surface area contributed by atoms with Crippen LogP contribution in [0.2, 0.25) is 0 Å². The second-order valence-electron chi connectivity index (χ2n) is 4.29. The number of nitrogens with two attached hydrogens (primary N) is 1. The van der Waals surface area contributed by atoms with Crippen LogP contribution in [0, 0.1) is 12.8 Å². The Bertz CT molecular complexity index is 349. The Labute approximate surface area is 90.3 Å².